The Kier molecular flexibility index (Phi) is 7.58. The van der Waals surface area contributed by atoms with Gasteiger partial charge in [0.15, 0.2) is 0 Å². The van der Waals surface area contributed by atoms with E-state index in [9.17, 15) is 8.42 Å². The number of aromatic nitrogens is 2. The maximum atomic E-state index is 12.4. The number of hydrogen-bond acceptors (Lipinski definition) is 5. The fraction of sp³-hybridized carbons (Fsp3) is 0.615. The highest BCUT2D eigenvalue weighted by molar-refractivity contribution is 7.89. The topological polar surface area (TPSA) is 87.5 Å². The molecule has 0 atom stereocenters. The number of rotatable bonds is 11. The normalized spacial score (nSPS) is 12.0. The van der Waals surface area contributed by atoms with Gasteiger partial charge in [-0.15, -0.1) is 6.58 Å². The Hall–Kier alpha value is -1.22. The van der Waals surface area contributed by atoms with Crippen LogP contribution in [0.5, 0.6) is 0 Å². The highest BCUT2D eigenvalue weighted by Gasteiger charge is 2.24. The summed E-state index contributed by atoms with van der Waals surface area (Å²) >= 11 is 0. The smallest absolute Gasteiger partial charge is 0.246 e. The Morgan fingerprint density at radius 3 is 2.95 bits per heavy atom. The zero-order valence-corrected chi connectivity index (χ0v) is 13.2. The summed E-state index contributed by atoms with van der Waals surface area (Å²) < 4.78 is 27.6. The predicted octanol–water partition coefficient (Wildman–Crippen LogP) is 0.0517. The quantitative estimate of drug-likeness (QED) is 0.445. The van der Waals surface area contributed by atoms with Crippen molar-refractivity contribution >= 4 is 10.0 Å². The van der Waals surface area contributed by atoms with E-state index in [1.165, 1.54) is 22.8 Å². The van der Waals surface area contributed by atoms with Crippen molar-refractivity contribution in [3.63, 3.8) is 0 Å². The van der Waals surface area contributed by atoms with Crippen LogP contribution in [-0.2, 0) is 16.6 Å². The molecule has 0 fully saturated rings. The van der Waals surface area contributed by atoms with Crippen LogP contribution in [0.3, 0.4) is 0 Å². The Morgan fingerprint density at radius 2 is 2.33 bits per heavy atom. The number of sulfonamides is 1. The molecular weight excluding hydrogens is 292 g/mol. The van der Waals surface area contributed by atoms with Gasteiger partial charge in [0, 0.05) is 25.8 Å². The van der Waals surface area contributed by atoms with Crippen LogP contribution in [0.25, 0.3) is 0 Å². The van der Waals surface area contributed by atoms with E-state index in [1.54, 1.807) is 4.68 Å². The number of aliphatic hydroxyl groups is 1. The summed E-state index contributed by atoms with van der Waals surface area (Å²) in [5.74, 6) is 0. The molecule has 8 heteroatoms. The van der Waals surface area contributed by atoms with Gasteiger partial charge < -0.3 is 10.4 Å². The lowest BCUT2D eigenvalue weighted by Gasteiger charge is -2.18. The highest BCUT2D eigenvalue weighted by Crippen LogP contribution is 2.14. The largest absolute Gasteiger partial charge is 0.395 e. The summed E-state index contributed by atoms with van der Waals surface area (Å²) in [7, 11) is -3.64. The van der Waals surface area contributed by atoms with Gasteiger partial charge in [0.25, 0.3) is 0 Å². The Bertz CT molecular complexity index is 527. The SMILES string of the molecule is C=CCN(CCO)S(=O)(=O)c1cnn(CCCNCC)c1. The van der Waals surface area contributed by atoms with Crippen LogP contribution in [0, 0.1) is 0 Å². The molecule has 0 aliphatic carbocycles. The van der Waals surface area contributed by atoms with Gasteiger partial charge in [-0.3, -0.25) is 4.68 Å². The van der Waals surface area contributed by atoms with Crippen molar-refractivity contribution in [3.8, 4) is 0 Å². The fourth-order valence-corrected chi connectivity index (χ4v) is 3.21. The average molecular weight is 316 g/mol. The maximum absolute atomic E-state index is 12.4. The molecule has 0 bridgehead atoms. The molecule has 1 heterocycles. The molecule has 120 valence electrons. The number of nitrogens with one attached hydrogen (secondary N) is 1. The van der Waals surface area contributed by atoms with Crippen LogP contribution in [0.15, 0.2) is 29.9 Å². The zero-order chi connectivity index (χ0) is 15.7. The van der Waals surface area contributed by atoms with Gasteiger partial charge in [-0.1, -0.05) is 13.0 Å². The average Bonchev–Trinajstić information content (AvgIpc) is 2.93. The van der Waals surface area contributed by atoms with E-state index < -0.39 is 10.0 Å². The molecule has 0 radical (unpaired) electrons. The number of hydrogen-bond donors (Lipinski definition) is 2. The monoisotopic (exact) mass is 316 g/mol. The molecule has 0 unspecified atom stereocenters. The van der Waals surface area contributed by atoms with E-state index in [1.807, 2.05) is 6.92 Å². The molecule has 1 aromatic heterocycles. The van der Waals surface area contributed by atoms with E-state index in [0.717, 1.165) is 19.5 Å². The number of aryl methyl sites for hydroxylation is 1. The van der Waals surface area contributed by atoms with Crippen molar-refractivity contribution in [2.45, 2.75) is 24.8 Å². The van der Waals surface area contributed by atoms with Gasteiger partial charge in [0.05, 0.1) is 12.8 Å². The maximum Gasteiger partial charge on any atom is 0.246 e. The molecule has 21 heavy (non-hydrogen) atoms. The lowest BCUT2D eigenvalue weighted by molar-refractivity contribution is 0.260. The van der Waals surface area contributed by atoms with Crippen molar-refractivity contribution in [3.05, 3.63) is 25.0 Å². The first kappa shape index (κ1) is 17.8. The van der Waals surface area contributed by atoms with E-state index >= 15 is 0 Å². The molecule has 0 amide bonds. The summed E-state index contributed by atoms with van der Waals surface area (Å²) in [6, 6.07) is 0. The minimum absolute atomic E-state index is 0.0416. The lowest BCUT2D eigenvalue weighted by Crippen LogP contribution is -2.33. The molecular formula is C13H24N4O3S. The molecule has 1 aromatic rings. The summed E-state index contributed by atoms with van der Waals surface area (Å²) in [5, 5.41) is 16.3. The van der Waals surface area contributed by atoms with Crippen LogP contribution in [-0.4, -0.2) is 60.4 Å². The third-order valence-corrected chi connectivity index (χ3v) is 4.74. The van der Waals surface area contributed by atoms with Crippen LogP contribution in [0.4, 0.5) is 0 Å². The van der Waals surface area contributed by atoms with Gasteiger partial charge in [-0.2, -0.15) is 9.40 Å². The van der Waals surface area contributed by atoms with Gasteiger partial charge in [0.1, 0.15) is 4.90 Å². The first-order valence-corrected chi connectivity index (χ1v) is 8.45. The second-order valence-electron chi connectivity index (χ2n) is 4.52. The predicted molar refractivity (Wildman–Crippen MR) is 81.4 cm³/mol. The Balaban J connectivity index is 2.74. The van der Waals surface area contributed by atoms with Crippen LogP contribution < -0.4 is 5.32 Å². The van der Waals surface area contributed by atoms with Gasteiger partial charge >= 0.3 is 0 Å². The molecule has 0 aromatic carbocycles. The van der Waals surface area contributed by atoms with E-state index in [4.69, 9.17) is 5.11 Å². The second kappa shape index (κ2) is 8.93. The Morgan fingerprint density at radius 1 is 1.57 bits per heavy atom. The minimum Gasteiger partial charge on any atom is -0.395 e. The van der Waals surface area contributed by atoms with Crippen molar-refractivity contribution in [2.24, 2.45) is 0 Å². The van der Waals surface area contributed by atoms with Crippen molar-refractivity contribution in [1.82, 2.24) is 19.4 Å². The van der Waals surface area contributed by atoms with E-state index in [2.05, 4.69) is 17.0 Å². The summed E-state index contributed by atoms with van der Waals surface area (Å²) in [6.45, 7) is 7.98. The molecule has 0 saturated carbocycles. The second-order valence-corrected chi connectivity index (χ2v) is 6.46. The molecule has 0 spiro atoms. The first-order valence-electron chi connectivity index (χ1n) is 7.01. The van der Waals surface area contributed by atoms with Crippen LogP contribution in [0.2, 0.25) is 0 Å². The highest BCUT2D eigenvalue weighted by atomic mass is 32.2. The van der Waals surface area contributed by atoms with E-state index in [0.29, 0.717) is 6.54 Å². The standard InChI is InChI=1S/C13H24N4O3S/c1-3-7-17(9-10-18)21(19,20)13-11-15-16(12-13)8-5-6-14-4-2/h3,11-12,14,18H,1,4-10H2,2H3. The molecule has 0 aliphatic rings. The molecule has 1 rings (SSSR count). The third-order valence-electron chi connectivity index (χ3n) is 2.92. The number of nitrogens with zero attached hydrogens (tertiary/aromatic N) is 3. The fourth-order valence-electron chi connectivity index (χ4n) is 1.86. The Labute approximate surface area is 126 Å². The molecule has 0 saturated heterocycles. The zero-order valence-electron chi connectivity index (χ0n) is 12.4. The van der Waals surface area contributed by atoms with Crippen LogP contribution in [0.1, 0.15) is 13.3 Å². The summed E-state index contributed by atoms with van der Waals surface area (Å²) in [6.07, 6.45) is 5.24. The molecule has 0 aliphatic heterocycles. The first-order chi connectivity index (χ1) is 10.1. The van der Waals surface area contributed by atoms with Gasteiger partial charge in [-0.25, -0.2) is 8.42 Å². The molecule has 2 N–H and O–H groups in total. The van der Waals surface area contributed by atoms with Crippen LogP contribution >= 0.6 is 0 Å². The van der Waals surface area contributed by atoms with Gasteiger partial charge in [0.2, 0.25) is 10.0 Å². The lowest BCUT2D eigenvalue weighted by atomic mass is 10.4. The van der Waals surface area contributed by atoms with E-state index in [-0.39, 0.29) is 24.6 Å². The minimum atomic E-state index is -3.64. The van der Waals surface area contributed by atoms with Crippen molar-refractivity contribution < 1.29 is 13.5 Å². The summed E-state index contributed by atoms with van der Waals surface area (Å²) in [4.78, 5) is 0.140. The number of aliphatic hydroxyl groups excluding tert-OH is 1. The summed E-state index contributed by atoms with van der Waals surface area (Å²) in [5.41, 5.74) is 0. The third kappa shape index (κ3) is 5.24. The van der Waals surface area contributed by atoms with Crippen molar-refractivity contribution in [1.29, 1.82) is 0 Å². The molecule has 7 nitrogen and oxygen atoms in total. The van der Waals surface area contributed by atoms with Crippen molar-refractivity contribution in [2.75, 3.05) is 32.8 Å². The van der Waals surface area contributed by atoms with Gasteiger partial charge in [-0.05, 0) is 19.5 Å².